The smallest absolute Gasteiger partial charge is 0.332 e. The van der Waals surface area contributed by atoms with Crippen molar-refractivity contribution < 1.29 is 19.1 Å². The quantitative estimate of drug-likeness (QED) is 0.780. The Kier molecular flexibility index (Phi) is 5.63. The molecule has 0 radical (unpaired) electrons. The highest BCUT2D eigenvalue weighted by atomic mass is 16.5. The van der Waals surface area contributed by atoms with Gasteiger partial charge < -0.3 is 10.1 Å². The SMILES string of the molecule is COc1ccc(CNC(=O)CN2C(=O)[C@H](C)N(c3ccc(C)cc3)C2=O)cc1. The maximum Gasteiger partial charge on any atom is 0.332 e. The summed E-state index contributed by atoms with van der Waals surface area (Å²) in [5.41, 5.74) is 2.59. The van der Waals surface area contributed by atoms with Crippen LogP contribution in [0, 0.1) is 6.92 Å². The average Bonchev–Trinajstić information content (AvgIpc) is 2.91. The Hall–Kier alpha value is -3.35. The molecule has 0 aromatic heterocycles. The number of aryl methyl sites for hydroxylation is 1. The molecule has 2 aromatic rings. The van der Waals surface area contributed by atoms with Crippen LogP contribution in [-0.2, 0) is 16.1 Å². The lowest BCUT2D eigenvalue weighted by molar-refractivity contribution is -0.131. The number of nitrogens with zero attached hydrogens (tertiary/aromatic N) is 2. The van der Waals surface area contributed by atoms with Crippen LogP contribution in [0.15, 0.2) is 48.5 Å². The Morgan fingerprint density at radius 2 is 1.71 bits per heavy atom. The van der Waals surface area contributed by atoms with Gasteiger partial charge in [0.15, 0.2) is 0 Å². The van der Waals surface area contributed by atoms with Gasteiger partial charge in [0.2, 0.25) is 5.91 Å². The lowest BCUT2D eigenvalue weighted by atomic mass is 10.2. The third kappa shape index (κ3) is 3.98. The molecule has 0 spiro atoms. The van der Waals surface area contributed by atoms with Crippen molar-refractivity contribution in [1.29, 1.82) is 0 Å². The van der Waals surface area contributed by atoms with E-state index in [4.69, 9.17) is 4.74 Å². The third-order valence-corrected chi connectivity index (χ3v) is 4.71. The van der Waals surface area contributed by atoms with Gasteiger partial charge >= 0.3 is 6.03 Å². The highest BCUT2D eigenvalue weighted by Crippen LogP contribution is 2.25. The Bertz CT molecular complexity index is 878. The van der Waals surface area contributed by atoms with E-state index in [1.807, 2.05) is 31.2 Å². The summed E-state index contributed by atoms with van der Waals surface area (Å²) in [6, 6.07) is 13.5. The van der Waals surface area contributed by atoms with Gasteiger partial charge in [-0.1, -0.05) is 29.8 Å². The Morgan fingerprint density at radius 3 is 2.32 bits per heavy atom. The summed E-state index contributed by atoms with van der Waals surface area (Å²) in [5.74, 6) is -0.0471. The fraction of sp³-hybridized carbons (Fsp3) is 0.286. The summed E-state index contributed by atoms with van der Waals surface area (Å²) < 4.78 is 5.10. The number of methoxy groups -OCH3 is 1. The molecule has 1 aliphatic rings. The topological polar surface area (TPSA) is 79.0 Å². The minimum Gasteiger partial charge on any atom is -0.497 e. The van der Waals surface area contributed by atoms with Crippen molar-refractivity contribution in [2.24, 2.45) is 0 Å². The molecule has 28 heavy (non-hydrogen) atoms. The lowest BCUT2D eigenvalue weighted by Crippen LogP contribution is -2.41. The van der Waals surface area contributed by atoms with Gasteiger partial charge in [-0.3, -0.25) is 19.4 Å². The highest BCUT2D eigenvalue weighted by molar-refractivity contribution is 6.15. The molecule has 0 aliphatic carbocycles. The number of hydrogen-bond acceptors (Lipinski definition) is 4. The second kappa shape index (κ2) is 8.12. The molecular weight excluding hydrogens is 358 g/mol. The highest BCUT2D eigenvalue weighted by Gasteiger charge is 2.43. The van der Waals surface area contributed by atoms with Crippen LogP contribution < -0.4 is 15.0 Å². The van der Waals surface area contributed by atoms with Crippen molar-refractivity contribution in [3.63, 3.8) is 0 Å². The van der Waals surface area contributed by atoms with Crippen molar-refractivity contribution >= 4 is 23.5 Å². The Balaban J connectivity index is 1.62. The number of urea groups is 1. The van der Waals surface area contributed by atoms with Gasteiger partial charge in [-0.15, -0.1) is 0 Å². The van der Waals surface area contributed by atoms with Crippen molar-refractivity contribution in [1.82, 2.24) is 10.2 Å². The zero-order valence-corrected chi connectivity index (χ0v) is 16.1. The largest absolute Gasteiger partial charge is 0.497 e. The van der Waals surface area contributed by atoms with Crippen LogP contribution in [0.5, 0.6) is 5.75 Å². The summed E-state index contributed by atoms with van der Waals surface area (Å²) in [5, 5.41) is 2.74. The van der Waals surface area contributed by atoms with Gasteiger partial charge in [-0.2, -0.15) is 0 Å². The minimum atomic E-state index is -0.649. The fourth-order valence-corrected chi connectivity index (χ4v) is 3.05. The number of carbonyl (C=O) groups excluding carboxylic acids is 3. The number of hydrogen-bond donors (Lipinski definition) is 1. The molecule has 1 saturated heterocycles. The first-order valence-corrected chi connectivity index (χ1v) is 9.01. The summed E-state index contributed by atoms with van der Waals surface area (Å²) in [7, 11) is 1.59. The number of ether oxygens (including phenoxy) is 1. The molecule has 0 unspecified atom stereocenters. The summed E-state index contributed by atoms with van der Waals surface area (Å²) in [6.07, 6.45) is 0. The molecule has 7 nitrogen and oxygen atoms in total. The monoisotopic (exact) mass is 381 g/mol. The van der Waals surface area contributed by atoms with E-state index in [1.165, 1.54) is 4.90 Å². The van der Waals surface area contributed by atoms with E-state index < -0.39 is 18.0 Å². The number of imide groups is 1. The number of anilines is 1. The van der Waals surface area contributed by atoms with Gasteiger partial charge in [-0.05, 0) is 43.7 Å². The Morgan fingerprint density at radius 1 is 1.07 bits per heavy atom. The lowest BCUT2D eigenvalue weighted by Gasteiger charge is -2.19. The number of nitrogens with one attached hydrogen (secondary N) is 1. The van der Waals surface area contributed by atoms with E-state index in [0.717, 1.165) is 21.8 Å². The van der Waals surface area contributed by atoms with E-state index in [1.54, 1.807) is 38.3 Å². The minimum absolute atomic E-state index is 0.302. The van der Waals surface area contributed by atoms with Crippen LogP contribution in [0.3, 0.4) is 0 Å². The summed E-state index contributed by atoms with van der Waals surface area (Å²) in [6.45, 7) is 3.61. The van der Waals surface area contributed by atoms with Crippen molar-refractivity contribution in [2.45, 2.75) is 26.4 Å². The van der Waals surface area contributed by atoms with E-state index in [-0.39, 0.29) is 12.5 Å². The standard InChI is InChI=1S/C21H23N3O4/c1-14-4-8-17(9-5-14)24-15(2)20(26)23(21(24)27)13-19(25)22-12-16-6-10-18(28-3)11-7-16/h4-11,15H,12-13H2,1-3H3,(H,22,25)/t15-/m0/s1. The number of amides is 4. The number of rotatable bonds is 6. The average molecular weight is 381 g/mol. The molecule has 0 bridgehead atoms. The molecule has 1 aliphatic heterocycles. The van der Waals surface area contributed by atoms with Gasteiger partial charge in [-0.25, -0.2) is 4.79 Å². The molecular formula is C21H23N3O4. The first-order chi connectivity index (χ1) is 13.4. The van der Waals surface area contributed by atoms with Crippen LogP contribution in [0.2, 0.25) is 0 Å². The Labute approximate surface area is 163 Å². The molecule has 1 N–H and O–H groups in total. The van der Waals surface area contributed by atoms with Gasteiger partial charge in [0, 0.05) is 12.2 Å². The van der Waals surface area contributed by atoms with E-state index in [9.17, 15) is 14.4 Å². The second-order valence-corrected chi connectivity index (χ2v) is 6.71. The third-order valence-electron chi connectivity index (χ3n) is 4.71. The maximum absolute atomic E-state index is 12.7. The first kappa shape index (κ1) is 19.4. The summed E-state index contributed by atoms with van der Waals surface area (Å²) >= 11 is 0. The molecule has 4 amide bonds. The first-order valence-electron chi connectivity index (χ1n) is 9.01. The molecule has 1 atom stereocenters. The van der Waals surface area contributed by atoms with Crippen molar-refractivity contribution in [3.05, 3.63) is 59.7 Å². The predicted octanol–water partition coefficient (Wildman–Crippen LogP) is 2.48. The zero-order chi connectivity index (χ0) is 20.3. The number of carbonyl (C=O) groups is 3. The number of benzene rings is 2. The van der Waals surface area contributed by atoms with Crippen LogP contribution in [-0.4, -0.2) is 42.4 Å². The second-order valence-electron chi connectivity index (χ2n) is 6.71. The molecule has 7 heteroatoms. The van der Waals surface area contributed by atoms with Crippen LogP contribution >= 0.6 is 0 Å². The van der Waals surface area contributed by atoms with Crippen LogP contribution in [0.25, 0.3) is 0 Å². The van der Waals surface area contributed by atoms with Crippen LogP contribution in [0.4, 0.5) is 10.5 Å². The van der Waals surface area contributed by atoms with Gasteiger partial charge in [0.05, 0.1) is 7.11 Å². The maximum atomic E-state index is 12.7. The molecule has 3 rings (SSSR count). The van der Waals surface area contributed by atoms with E-state index in [0.29, 0.717) is 12.2 Å². The zero-order valence-electron chi connectivity index (χ0n) is 16.1. The van der Waals surface area contributed by atoms with Crippen molar-refractivity contribution in [3.8, 4) is 5.75 Å². The molecule has 1 fully saturated rings. The molecule has 146 valence electrons. The summed E-state index contributed by atoms with van der Waals surface area (Å²) in [4.78, 5) is 39.9. The predicted molar refractivity (Wildman–Crippen MR) is 105 cm³/mol. The van der Waals surface area contributed by atoms with Gasteiger partial charge in [0.1, 0.15) is 18.3 Å². The van der Waals surface area contributed by atoms with Crippen LogP contribution in [0.1, 0.15) is 18.1 Å². The van der Waals surface area contributed by atoms with E-state index >= 15 is 0 Å². The molecule has 0 saturated carbocycles. The normalized spacial score (nSPS) is 16.5. The van der Waals surface area contributed by atoms with Crippen molar-refractivity contribution in [2.75, 3.05) is 18.6 Å². The molecule has 1 heterocycles. The van der Waals surface area contributed by atoms with Gasteiger partial charge in [0.25, 0.3) is 5.91 Å². The molecule has 2 aromatic carbocycles. The van der Waals surface area contributed by atoms with E-state index in [2.05, 4.69) is 5.32 Å². The fourth-order valence-electron chi connectivity index (χ4n) is 3.05.